The minimum absolute atomic E-state index is 0.209. The number of aromatic nitrogens is 12. The van der Waals surface area contributed by atoms with Crippen molar-refractivity contribution in [3.63, 3.8) is 0 Å². The van der Waals surface area contributed by atoms with Gasteiger partial charge in [0.25, 0.3) is 0 Å². The van der Waals surface area contributed by atoms with E-state index < -0.39 is 0 Å². The number of imidazole rings is 4. The molecule has 24 heteroatoms. The molecule has 0 amide bonds. The number of hydrogen-bond donors (Lipinski definition) is 8. The number of para-hydroxylation sites is 8. The Morgan fingerprint density at radius 3 is 0.694 bits per heavy atom. The third-order valence-electron chi connectivity index (χ3n) is 22.3. The van der Waals surface area contributed by atoms with Gasteiger partial charge in [-0.05, 0) is 148 Å². The van der Waals surface area contributed by atoms with Crippen molar-refractivity contribution in [2.24, 2.45) is 0 Å². The van der Waals surface area contributed by atoms with Gasteiger partial charge < -0.3 is 79.1 Å². The molecule has 4 saturated carbocycles. The predicted octanol–water partition coefficient (Wildman–Crippen LogP) is 15.5. The molecule has 0 radical (unpaired) electrons. The van der Waals surface area contributed by atoms with E-state index in [1.165, 1.54) is 22.3 Å². The molecule has 4 aliphatic heterocycles. The van der Waals surface area contributed by atoms with Crippen LogP contribution in [0.2, 0.25) is 0 Å². The third kappa shape index (κ3) is 17.4. The smallest absolute Gasteiger partial charge is 0.217 e. The molecule has 8 fully saturated rings. The summed E-state index contributed by atoms with van der Waals surface area (Å²) in [6, 6.07) is 50.5. The highest BCUT2D eigenvalue weighted by Gasteiger charge is 2.37. The Balaban J connectivity index is 0.000000105. The minimum atomic E-state index is 0.209. The topological polar surface area (TPSA) is 288 Å². The van der Waals surface area contributed by atoms with E-state index in [4.69, 9.17) is 37.9 Å². The summed E-state index contributed by atoms with van der Waals surface area (Å²) >= 11 is 0. The molecule has 0 atom stereocenters. The lowest BCUT2D eigenvalue weighted by molar-refractivity contribution is 0.0791. The van der Waals surface area contributed by atoms with Gasteiger partial charge in [0.05, 0.1) is 44.1 Å². The van der Waals surface area contributed by atoms with Crippen LogP contribution >= 0.6 is 0 Å². The van der Waals surface area contributed by atoms with Crippen LogP contribution in [-0.2, 0) is 18.9 Å². The van der Waals surface area contributed by atoms with Gasteiger partial charge in [-0.25, -0.2) is 39.9 Å². The fourth-order valence-electron chi connectivity index (χ4n) is 15.9. The molecule has 0 bridgehead atoms. The maximum absolute atomic E-state index is 6.24. The fourth-order valence-corrected chi connectivity index (χ4v) is 15.9. The van der Waals surface area contributed by atoms with Gasteiger partial charge in [0.2, 0.25) is 47.3 Å². The Labute approximate surface area is 627 Å². The molecule has 8 aromatic heterocycles. The lowest BCUT2D eigenvalue weighted by Crippen LogP contribution is -2.43. The van der Waals surface area contributed by atoms with Crippen molar-refractivity contribution < 1.29 is 37.9 Å². The lowest BCUT2D eigenvalue weighted by Gasteiger charge is -2.36. The van der Waals surface area contributed by atoms with E-state index in [9.17, 15) is 0 Å². The quantitative estimate of drug-likeness (QED) is 0.0352. The minimum Gasteiger partial charge on any atom is -0.474 e. The number of nitrogens with zero attached hydrogens (tertiary/aromatic N) is 8. The number of anilines is 4. The zero-order valence-electron chi connectivity index (χ0n) is 60.9. The molecule has 560 valence electrons. The van der Waals surface area contributed by atoms with Gasteiger partial charge in [0, 0.05) is 175 Å². The molecule has 24 nitrogen and oxygen atoms in total. The van der Waals surface area contributed by atoms with Gasteiger partial charge in [0.1, 0.15) is 24.4 Å². The van der Waals surface area contributed by atoms with Crippen LogP contribution < -0.4 is 40.2 Å². The van der Waals surface area contributed by atoms with E-state index >= 15 is 0 Å². The lowest BCUT2D eigenvalue weighted by atomic mass is 9.89. The van der Waals surface area contributed by atoms with Crippen molar-refractivity contribution in [3.8, 4) is 23.5 Å². The Bertz CT molecular complexity index is 4130. The standard InChI is InChI=1S/4C21H24N4O2/c4*1-2-6-19-18(5-1)24-21(25-19)23-15-12-16(13-15)27-20-17(4-3-9-22-20)14-7-10-26-11-8-14/h4*1-6,9,14-16H,7-8,10-13H2,(H2,23,24,25). The number of nitrogens with one attached hydrogen (secondary N) is 8. The molecular formula is C84H96N16O8. The second-order valence-electron chi connectivity index (χ2n) is 29.8. The maximum atomic E-state index is 6.24. The van der Waals surface area contributed by atoms with Crippen LogP contribution in [0.25, 0.3) is 44.1 Å². The Kier molecular flexibility index (Phi) is 22.1. The monoisotopic (exact) mass is 1460 g/mol. The number of hydrogen-bond acceptors (Lipinski definition) is 20. The van der Waals surface area contributed by atoms with Crippen molar-refractivity contribution in [1.82, 2.24) is 59.8 Å². The fraction of sp³-hybridized carbons (Fsp3) is 0.429. The maximum Gasteiger partial charge on any atom is 0.217 e. The molecular weight excluding hydrogens is 1360 g/mol. The van der Waals surface area contributed by atoms with Crippen molar-refractivity contribution >= 4 is 67.9 Å². The highest BCUT2D eigenvalue weighted by molar-refractivity contribution is 5.79. The van der Waals surface area contributed by atoms with Crippen molar-refractivity contribution in [3.05, 3.63) is 193 Å². The van der Waals surface area contributed by atoms with Crippen LogP contribution in [0.3, 0.4) is 0 Å². The highest BCUT2D eigenvalue weighted by Crippen LogP contribution is 2.41. The van der Waals surface area contributed by atoms with Crippen molar-refractivity contribution in [2.75, 3.05) is 74.1 Å². The van der Waals surface area contributed by atoms with Crippen LogP contribution in [0.15, 0.2) is 170 Å². The third-order valence-corrected chi connectivity index (χ3v) is 22.3. The van der Waals surface area contributed by atoms with E-state index in [0.717, 1.165) is 247 Å². The first-order valence-corrected chi connectivity index (χ1v) is 39.0. The number of aromatic amines is 4. The molecule has 4 aliphatic carbocycles. The highest BCUT2D eigenvalue weighted by atomic mass is 16.5. The molecule has 0 unspecified atom stereocenters. The summed E-state index contributed by atoms with van der Waals surface area (Å²) in [5, 5.41) is 13.9. The van der Waals surface area contributed by atoms with Gasteiger partial charge in [-0.3, -0.25) is 0 Å². The number of fused-ring (bicyclic) bond motifs is 4. The number of ether oxygens (including phenoxy) is 8. The Hall–Kier alpha value is -10.4. The summed E-state index contributed by atoms with van der Waals surface area (Å²) in [5.41, 5.74) is 13.1. The second-order valence-corrected chi connectivity index (χ2v) is 29.8. The van der Waals surface area contributed by atoms with Crippen LogP contribution in [0, 0.1) is 0 Å². The van der Waals surface area contributed by atoms with E-state index in [1.807, 2.05) is 146 Å². The van der Waals surface area contributed by atoms with Gasteiger partial charge in [-0.2, -0.15) is 0 Å². The average molecular weight is 1460 g/mol. The molecule has 0 spiro atoms. The van der Waals surface area contributed by atoms with Gasteiger partial charge in [0.15, 0.2) is 0 Å². The van der Waals surface area contributed by atoms with E-state index in [1.54, 1.807) is 0 Å². The van der Waals surface area contributed by atoms with E-state index in [-0.39, 0.29) is 24.4 Å². The summed E-state index contributed by atoms with van der Waals surface area (Å²) in [4.78, 5) is 49.7. The zero-order chi connectivity index (χ0) is 72.2. The first kappa shape index (κ1) is 70.6. The van der Waals surface area contributed by atoms with Crippen LogP contribution in [0.5, 0.6) is 23.5 Å². The van der Waals surface area contributed by atoms with Crippen LogP contribution in [-0.4, -0.2) is 161 Å². The normalized spacial score (nSPS) is 23.1. The largest absolute Gasteiger partial charge is 0.474 e. The summed E-state index contributed by atoms with van der Waals surface area (Å²) < 4.78 is 46.9. The zero-order valence-corrected chi connectivity index (χ0v) is 60.9. The van der Waals surface area contributed by atoms with Crippen LogP contribution in [0.4, 0.5) is 23.8 Å². The first-order valence-electron chi connectivity index (χ1n) is 39.0. The Morgan fingerprint density at radius 2 is 0.481 bits per heavy atom. The molecule has 4 saturated heterocycles. The summed E-state index contributed by atoms with van der Waals surface area (Å²) in [6.45, 7) is 6.60. The number of rotatable bonds is 20. The predicted molar refractivity (Wildman–Crippen MR) is 417 cm³/mol. The van der Waals surface area contributed by atoms with Crippen molar-refractivity contribution in [2.45, 2.75) is 175 Å². The Morgan fingerprint density at radius 1 is 0.269 bits per heavy atom. The summed E-state index contributed by atoms with van der Waals surface area (Å²) in [5.74, 6) is 8.51. The van der Waals surface area contributed by atoms with Gasteiger partial charge >= 0.3 is 0 Å². The molecule has 8 N–H and O–H groups in total. The molecule has 12 aromatic rings. The van der Waals surface area contributed by atoms with E-state index in [0.29, 0.717) is 47.8 Å². The van der Waals surface area contributed by atoms with E-state index in [2.05, 4.69) is 105 Å². The SMILES string of the molecule is c1cnc(OC2CC(Nc3nc4ccccc4[nH]3)C2)c(C2CCOCC2)c1.c1cnc(OC2CC(Nc3nc4ccccc4[nH]3)C2)c(C2CCOCC2)c1.c1cnc(OC2CC(Nc3nc4ccccc4[nH]3)C2)c(C2CCOCC2)c1.c1cnc(OC2CC(Nc3nc4ccccc4[nH]3)C2)c(C2CCOCC2)c1. The van der Waals surface area contributed by atoms with Crippen molar-refractivity contribution in [1.29, 1.82) is 0 Å². The molecule has 12 heterocycles. The second kappa shape index (κ2) is 33.8. The number of pyridine rings is 4. The number of H-pyrrole nitrogens is 4. The average Bonchev–Trinajstić information content (AvgIpc) is 1.04. The first-order chi connectivity index (χ1) is 53.4. The number of benzene rings is 4. The van der Waals surface area contributed by atoms with Gasteiger partial charge in [-0.15, -0.1) is 0 Å². The molecule has 8 aliphatic rings. The summed E-state index contributed by atoms with van der Waals surface area (Å²) in [6.07, 6.45) is 24.1. The van der Waals surface area contributed by atoms with Crippen LogP contribution in [0.1, 0.15) is 149 Å². The molecule has 4 aromatic carbocycles. The summed E-state index contributed by atoms with van der Waals surface area (Å²) in [7, 11) is 0. The molecule has 20 rings (SSSR count). The molecule has 108 heavy (non-hydrogen) atoms. The van der Waals surface area contributed by atoms with Gasteiger partial charge in [-0.1, -0.05) is 72.8 Å².